The molecule has 0 amide bonds. The van der Waals surface area contributed by atoms with Crippen molar-refractivity contribution in [2.24, 2.45) is 20.0 Å². The van der Waals surface area contributed by atoms with Crippen LogP contribution < -0.4 is 0 Å². The van der Waals surface area contributed by atoms with E-state index in [1.54, 1.807) is 29.3 Å². The van der Waals surface area contributed by atoms with Gasteiger partial charge in [0.15, 0.2) is 0 Å². The van der Waals surface area contributed by atoms with Crippen molar-refractivity contribution in [2.45, 2.75) is 52.2 Å². The van der Waals surface area contributed by atoms with Gasteiger partial charge in [-0.1, -0.05) is 17.3 Å². The average molecular weight is 532 g/mol. The maximum absolute atomic E-state index is 15.1. The van der Waals surface area contributed by atoms with E-state index in [0.717, 1.165) is 57.4 Å². The van der Waals surface area contributed by atoms with E-state index >= 15 is 4.39 Å². The molecule has 0 saturated carbocycles. The lowest BCUT2D eigenvalue weighted by Crippen LogP contribution is -2.28. The molecule has 5 aromatic rings. The monoisotopic (exact) mass is 531 g/mol. The van der Waals surface area contributed by atoms with Gasteiger partial charge >= 0.3 is 0 Å². The number of aliphatic hydroxyl groups is 1. The van der Waals surface area contributed by atoms with Gasteiger partial charge in [-0.25, -0.2) is 9.07 Å². The first-order valence-corrected chi connectivity index (χ1v) is 13.4. The smallest absolute Gasteiger partial charge is 0.126 e. The maximum Gasteiger partial charge on any atom is 0.126 e. The van der Waals surface area contributed by atoms with Crippen LogP contribution in [0.2, 0.25) is 0 Å². The van der Waals surface area contributed by atoms with Crippen LogP contribution in [0.25, 0.3) is 33.3 Å². The summed E-state index contributed by atoms with van der Waals surface area (Å²) in [6, 6.07) is 7.19. The normalized spacial score (nSPS) is 16.0. The fourth-order valence-electron chi connectivity index (χ4n) is 6.21. The van der Waals surface area contributed by atoms with Crippen LogP contribution in [0.3, 0.4) is 0 Å². The number of benzene rings is 1. The molecule has 9 nitrogen and oxygen atoms in total. The molecule has 1 N–H and O–H groups in total. The summed E-state index contributed by atoms with van der Waals surface area (Å²) in [5.41, 5.74) is 6.76. The molecule has 1 aliphatic heterocycles. The highest BCUT2D eigenvalue weighted by Crippen LogP contribution is 2.44. The summed E-state index contributed by atoms with van der Waals surface area (Å²) in [6.45, 7) is 8.56. The zero-order valence-electron chi connectivity index (χ0n) is 23.2. The van der Waals surface area contributed by atoms with Crippen molar-refractivity contribution >= 4 is 22.1 Å². The fourth-order valence-corrected chi connectivity index (χ4v) is 6.21. The summed E-state index contributed by atoms with van der Waals surface area (Å²) in [5, 5.41) is 24.5. The number of hydrogen-bond donors (Lipinski definition) is 1. The van der Waals surface area contributed by atoms with Crippen molar-refractivity contribution in [3.8, 4) is 11.3 Å². The molecule has 10 heteroatoms. The Bertz CT molecular complexity index is 1680. The van der Waals surface area contributed by atoms with E-state index in [1.807, 2.05) is 40.2 Å². The minimum absolute atomic E-state index is 0.177. The molecule has 1 saturated heterocycles. The van der Waals surface area contributed by atoms with Crippen molar-refractivity contribution in [2.75, 3.05) is 13.2 Å². The van der Waals surface area contributed by atoms with E-state index < -0.39 is 5.60 Å². The number of ether oxygens (including phenoxy) is 1. The van der Waals surface area contributed by atoms with E-state index in [2.05, 4.69) is 20.9 Å². The topological polar surface area (TPSA) is 95.8 Å². The molecule has 1 fully saturated rings. The number of aryl methyl sites for hydroxylation is 3. The van der Waals surface area contributed by atoms with Gasteiger partial charge in [-0.15, -0.1) is 5.10 Å². The Hall–Kier alpha value is -3.63. The van der Waals surface area contributed by atoms with Crippen LogP contribution in [-0.2, 0) is 24.4 Å². The second-order valence-electron chi connectivity index (χ2n) is 11.2. The fraction of sp³-hybridized carbons (Fsp3) is 0.448. The standard InChI is InChI=1S/C29H34FN7O2/c1-16-20(8-7-9-21(16)30)25(18-10-12-39-13-11-18)37-22-14-19(24-17(2)32-34-36(24)6)15-31-23(22)26-27(37)28(29(3,4)38)33-35(26)5/h7-9,14-15,18,25,38H,10-13H2,1-6H3. The van der Waals surface area contributed by atoms with Crippen LogP contribution in [-0.4, -0.2) is 52.6 Å². The third kappa shape index (κ3) is 4.04. The van der Waals surface area contributed by atoms with Crippen LogP contribution in [0.15, 0.2) is 30.5 Å². The highest BCUT2D eigenvalue weighted by molar-refractivity contribution is 6.06. The largest absolute Gasteiger partial charge is 0.384 e. The van der Waals surface area contributed by atoms with Crippen LogP contribution in [0.1, 0.15) is 55.2 Å². The number of hydrogen-bond acceptors (Lipinski definition) is 6. The molecule has 39 heavy (non-hydrogen) atoms. The molecule has 0 spiro atoms. The zero-order valence-corrected chi connectivity index (χ0v) is 23.2. The lowest BCUT2D eigenvalue weighted by atomic mass is 9.84. The molecule has 1 unspecified atom stereocenters. The first-order chi connectivity index (χ1) is 18.6. The summed E-state index contributed by atoms with van der Waals surface area (Å²) in [7, 11) is 3.75. The van der Waals surface area contributed by atoms with Gasteiger partial charge in [0.1, 0.15) is 28.1 Å². The molecule has 0 aliphatic carbocycles. The zero-order chi connectivity index (χ0) is 27.6. The molecule has 1 aliphatic rings. The highest BCUT2D eigenvalue weighted by Gasteiger charge is 2.36. The molecule has 5 heterocycles. The lowest BCUT2D eigenvalue weighted by molar-refractivity contribution is 0.0546. The van der Waals surface area contributed by atoms with Gasteiger partial charge in [0, 0.05) is 39.1 Å². The molecular weight excluding hydrogens is 497 g/mol. The van der Waals surface area contributed by atoms with Crippen LogP contribution in [0.5, 0.6) is 0 Å². The van der Waals surface area contributed by atoms with Gasteiger partial charge in [0.25, 0.3) is 0 Å². The summed E-state index contributed by atoms with van der Waals surface area (Å²) in [5.74, 6) is -0.0572. The summed E-state index contributed by atoms with van der Waals surface area (Å²) < 4.78 is 26.6. The molecule has 0 radical (unpaired) electrons. The highest BCUT2D eigenvalue weighted by atomic mass is 19.1. The second kappa shape index (κ2) is 9.24. The maximum atomic E-state index is 15.1. The van der Waals surface area contributed by atoms with Crippen LogP contribution in [0, 0.1) is 25.6 Å². The molecule has 1 atom stereocenters. The number of fused-ring (bicyclic) bond motifs is 3. The summed E-state index contributed by atoms with van der Waals surface area (Å²) >= 11 is 0. The van der Waals surface area contributed by atoms with Crippen molar-refractivity contribution in [3.05, 3.63) is 58.8 Å². The van der Waals surface area contributed by atoms with E-state index in [-0.39, 0.29) is 17.8 Å². The molecule has 6 rings (SSSR count). The second-order valence-corrected chi connectivity index (χ2v) is 11.2. The first kappa shape index (κ1) is 25.6. The number of nitrogens with zero attached hydrogens (tertiary/aromatic N) is 7. The van der Waals surface area contributed by atoms with Crippen molar-refractivity contribution < 1.29 is 14.2 Å². The minimum atomic E-state index is -1.21. The van der Waals surface area contributed by atoms with E-state index in [9.17, 15) is 5.11 Å². The van der Waals surface area contributed by atoms with Gasteiger partial charge in [-0.3, -0.25) is 9.67 Å². The number of halogens is 1. The Balaban J connectivity index is 1.76. The average Bonchev–Trinajstić information content (AvgIpc) is 3.53. The number of aromatic nitrogens is 7. The molecule has 204 valence electrons. The molecular formula is C29H34FN7O2. The third-order valence-electron chi connectivity index (χ3n) is 8.08. The molecule has 1 aromatic carbocycles. The predicted molar refractivity (Wildman–Crippen MR) is 147 cm³/mol. The quantitative estimate of drug-likeness (QED) is 0.353. The van der Waals surface area contributed by atoms with Crippen molar-refractivity contribution in [1.82, 2.24) is 34.3 Å². The number of pyridine rings is 1. The summed E-state index contributed by atoms with van der Waals surface area (Å²) in [4.78, 5) is 4.95. The van der Waals surface area contributed by atoms with Gasteiger partial charge in [-0.05, 0) is 69.7 Å². The minimum Gasteiger partial charge on any atom is -0.384 e. The Morgan fingerprint density at radius 2 is 1.85 bits per heavy atom. The van der Waals surface area contributed by atoms with E-state index in [4.69, 9.17) is 14.8 Å². The predicted octanol–water partition coefficient (Wildman–Crippen LogP) is 4.72. The van der Waals surface area contributed by atoms with Crippen molar-refractivity contribution in [1.29, 1.82) is 0 Å². The van der Waals surface area contributed by atoms with Gasteiger partial charge in [-0.2, -0.15) is 5.10 Å². The van der Waals surface area contributed by atoms with E-state index in [1.165, 1.54) is 6.07 Å². The van der Waals surface area contributed by atoms with Crippen molar-refractivity contribution in [3.63, 3.8) is 0 Å². The van der Waals surface area contributed by atoms with Crippen LogP contribution in [0.4, 0.5) is 4.39 Å². The first-order valence-electron chi connectivity index (χ1n) is 13.4. The Kier molecular flexibility index (Phi) is 6.07. The Morgan fingerprint density at radius 3 is 2.51 bits per heavy atom. The summed E-state index contributed by atoms with van der Waals surface area (Å²) in [6.07, 6.45) is 3.50. The number of rotatable bonds is 5. The third-order valence-corrected chi connectivity index (χ3v) is 8.08. The van der Waals surface area contributed by atoms with Gasteiger partial charge in [0.2, 0.25) is 0 Å². The SMILES string of the molecule is Cc1nnn(C)c1-c1cnc2c3c(c(C(C)(C)O)nn3C)n(C(c3cccc(F)c3C)C3CCOCC3)c2c1. The molecule has 0 bridgehead atoms. The van der Waals surface area contributed by atoms with Gasteiger partial charge < -0.3 is 14.4 Å². The van der Waals surface area contributed by atoms with E-state index in [0.29, 0.717) is 24.5 Å². The van der Waals surface area contributed by atoms with Gasteiger partial charge in [0.05, 0.1) is 28.5 Å². The lowest BCUT2D eigenvalue weighted by Gasteiger charge is -2.34. The Morgan fingerprint density at radius 1 is 1.10 bits per heavy atom. The van der Waals surface area contributed by atoms with Crippen LogP contribution >= 0.6 is 0 Å². The Labute approximate surface area is 226 Å². The molecule has 4 aromatic heterocycles.